The van der Waals surface area contributed by atoms with Gasteiger partial charge in [0.05, 0.1) is 5.02 Å². The van der Waals surface area contributed by atoms with Gasteiger partial charge in [0.25, 0.3) is 0 Å². The van der Waals surface area contributed by atoms with Crippen molar-refractivity contribution in [2.24, 2.45) is 0 Å². The fourth-order valence-electron chi connectivity index (χ4n) is 2.74. The Hall–Kier alpha value is -2.26. The van der Waals surface area contributed by atoms with Crippen LogP contribution in [-0.4, -0.2) is 41.1 Å². The molecule has 0 fully saturated rings. The Kier molecular flexibility index (Phi) is 6.30. The average molecular weight is 471 g/mol. The van der Waals surface area contributed by atoms with Crippen LogP contribution in [0.4, 0.5) is 14.7 Å². The van der Waals surface area contributed by atoms with Gasteiger partial charge in [-0.1, -0.05) is 29.9 Å². The standard InChI is InChI=1S/C21H27ClN2O6S/c1-8-11-10-27-15-13(28-11)9-12(22)14-16(15)31-17(23-14)24(18(25)29-20(2,3)4)19(26)30-21(5,6)7/h9,11H,8,10H2,1-7H3/t11-/m0/s1. The highest BCUT2D eigenvalue weighted by molar-refractivity contribution is 7.23. The molecule has 1 aromatic carbocycles. The first-order valence-corrected chi connectivity index (χ1v) is 11.2. The second kappa shape index (κ2) is 8.35. The van der Waals surface area contributed by atoms with Crippen LogP contribution in [0.25, 0.3) is 10.2 Å². The number of imide groups is 1. The zero-order chi connectivity index (χ0) is 23.1. The molecule has 2 amide bonds. The fraction of sp³-hybridized carbons (Fsp3) is 0.571. The Bertz CT molecular complexity index is 980. The number of aromatic nitrogens is 1. The number of fused-ring (bicyclic) bond motifs is 3. The number of carbonyl (C=O) groups excluding carboxylic acids is 2. The lowest BCUT2D eigenvalue weighted by atomic mass is 10.2. The third kappa shape index (κ3) is 5.33. The largest absolute Gasteiger partial charge is 0.484 e. The summed E-state index contributed by atoms with van der Waals surface area (Å²) in [6.45, 7) is 12.6. The van der Waals surface area contributed by atoms with Gasteiger partial charge in [0, 0.05) is 6.07 Å². The van der Waals surface area contributed by atoms with Gasteiger partial charge in [-0.05, 0) is 48.0 Å². The van der Waals surface area contributed by atoms with Gasteiger partial charge in [-0.2, -0.15) is 4.90 Å². The van der Waals surface area contributed by atoms with Gasteiger partial charge >= 0.3 is 12.2 Å². The van der Waals surface area contributed by atoms with Crippen LogP contribution in [0, 0.1) is 0 Å². The third-order valence-electron chi connectivity index (χ3n) is 4.04. The number of anilines is 1. The summed E-state index contributed by atoms with van der Waals surface area (Å²) >= 11 is 7.51. The van der Waals surface area contributed by atoms with Crippen LogP contribution in [0.5, 0.6) is 11.5 Å². The molecule has 10 heteroatoms. The Morgan fingerprint density at radius 3 is 2.29 bits per heavy atom. The van der Waals surface area contributed by atoms with Crippen LogP contribution in [0.1, 0.15) is 54.9 Å². The van der Waals surface area contributed by atoms with Crippen LogP contribution >= 0.6 is 22.9 Å². The number of rotatable bonds is 2. The highest BCUT2D eigenvalue weighted by atomic mass is 35.5. The van der Waals surface area contributed by atoms with E-state index in [0.717, 1.165) is 22.7 Å². The molecule has 1 aliphatic rings. The molecule has 0 N–H and O–H groups in total. The number of carbonyl (C=O) groups is 2. The molecule has 0 radical (unpaired) electrons. The molecule has 0 unspecified atom stereocenters. The SMILES string of the molecule is CC[C@H]1COc2c(cc(Cl)c3nc(N(C(=O)OC(C)(C)C)C(=O)OC(C)(C)C)sc23)O1. The fourth-order valence-corrected chi connectivity index (χ4v) is 4.10. The van der Waals surface area contributed by atoms with Crippen LogP contribution in [0.15, 0.2) is 6.07 Å². The van der Waals surface area contributed by atoms with E-state index in [2.05, 4.69) is 4.98 Å². The number of hydrogen-bond acceptors (Lipinski definition) is 8. The summed E-state index contributed by atoms with van der Waals surface area (Å²) < 4.78 is 23.3. The van der Waals surface area contributed by atoms with Gasteiger partial charge in [0.2, 0.25) is 5.13 Å². The first kappa shape index (κ1) is 23.4. The lowest BCUT2D eigenvalue weighted by Gasteiger charge is -2.27. The molecule has 170 valence electrons. The Labute approximate surface area is 190 Å². The van der Waals surface area contributed by atoms with E-state index < -0.39 is 23.4 Å². The molecule has 0 aliphatic carbocycles. The predicted octanol–water partition coefficient (Wildman–Crippen LogP) is 6.18. The van der Waals surface area contributed by atoms with Crippen molar-refractivity contribution < 1.29 is 28.5 Å². The van der Waals surface area contributed by atoms with E-state index in [4.69, 9.17) is 30.5 Å². The molecular formula is C21H27ClN2O6S. The van der Waals surface area contributed by atoms with Crippen molar-refractivity contribution in [1.82, 2.24) is 4.98 Å². The quantitative estimate of drug-likeness (QED) is 0.518. The smallest absolute Gasteiger partial charge is 0.426 e. The monoisotopic (exact) mass is 470 g/mol. The minimum Gasteiger partial charge on any atom is -0.484 e. The number of halogens is 1. The van der Waals surface area contributed by atoms with E-state index in [1.165, 1.54) is 0 Å². The first-order chi connectivity index (χ1) is 14.3. The van der Waals surface area contributed by atoms with Crippen molar-refractivity contribution in [3.05, 3.63) is 11.1 Å². The Balaban J connectivity index is 2.08. The maximum Gasteiger partial charge on any atom is 0.426 e. The normalized spacial score (nSPS) is 16.2. The van der Waals surface area contributed by atoms with Crippen LogP contribution in [0.3, 0.4) is 0 Å². The van der Waals surface area contributed by atoms with E-state index in [1.807, 2.05) is 6.92 Å². The summed E-state index contributed by atoms with van der Waals surface area (Å²) in [5.74, 6) is 0.994. The first-order valence-electron chi connectivity index (χ1n) is 9.97. The molecule has 0 saturated heterocycles. The van der Waals surface area contributed by atoms with Crippen molar-refractivity contribution in [2.75, 3.05) is 11.5 Å². The lowest BCUT2D eigenvalue weighted by Crippen LogP contribution is -2.43. The van der Waals surface area contributed by atoms with E-state index >= 15 is 0 Å². The van der Waals surface area contributed by atoms with Crippen LogP contribution in [-0.2, 0) is 9.47 Å². The van der Waals surface area contributed by atoms with E-state index in [0.29, 0.717) is 33.3 Å². The number of thiazole rings is 1. The van der Waals surface area contributed by atoms with Crippen molar-refractivity contribution in [3.63, 3.8) is 0 Å². The van der Waals surface area contributed by atoms with Crippen molar-refractivity contribution >= 4 is 50.5 Å². The maximum absolute atomic E-state index is 12.9. The molecule has 1 atom stereocenters. The summed E-state index contributed by atoms with van der Waals surface area (Å²) in [6.07, 6.45) is -1.08. The van der Waals surface area contributed by atoms with Crippen molar-refractivity contribution in [1.29, 1.82) is 0 Å². The number of ether oxygens (including phenoxy) is 4. The number of hydrogen-bond donors (Lipinski definition) is 0. The topological polar surface area (TPSA) is 87.2 Å². The van der Waals surface area contributed by atoms with Crippen molar-refractivity contribution in [2.45, 2.75) is 72.2 Å². The van der Waals surface area contributed by atoms with Crippen LogP contribution in [0.2, 0.25) is 5.02 Å². The van der Waals surface area contributed by atoms with E-state index in [-0.39, 0.29) is 11.2 Å². The second-order valence-corrected chi connectivity index (χ2v) is 10.5. The average Bonchev–Trinajstić information content (AvgIpc) is 3.03. The summed E-state index contributed by atoms with van der Waals surface area (Å²) in [7, 11) is 0. The van der Waals surface area contributed by atoms with Gasteiger partial charge in [0.15, 0.2) is 11.5 Å². The molecule has 1 aliphatic heterocycles. The summed E-state index contributed by atoms with van der Waals surface area (Å²) in [4.78, 5) is 31.0. The molecule has 2 heterocycles. The summed E-state index contributed by atoms with van der Waals surface area (Å²) in [6, 6.07) is 1.63. The minimum atomic E-state index is -0.894. The number of nitrogens with zero attached hydrogens (tertiary/aromatic N) is 2. The minimum absolute atomic E-state index is 0.0648. The van der Waals surface area contributed by atoms with Gasteiger partial charge in [-0.15, -0.1) is 0 Å². The number of amides is 2. The van der Waals surface area contributed by atoms with Gasteiger partial charge in [-0.25, -0.2) is 14.6 Å². The Morgan fingerprint density at radius 1 is 1.19 bits per heavy atom. The molecular weight excluding hydrogens is 444 g/mol. The second-order valence-electron chi connectivity index (χ2n) is 9.12. The third-order valence-corrected chi connectivity index (χ3v) is 5.36. The Morgan fingerprint density at radius 2 is 1.77 bits per heavy atom. The molecule has 2 aromatic rings. The maximum atomic E-state index is 12.9. The predicted molar refractivity (Wildman–Crippen MR) is 120 cm³/mol. The molecule has 0 spiro atoms. The molecule has 8 nitrogen and oxygen atoms in total. The van der Waals surface area contributed by atoms with E-state index in [9.17, 15) is 9.59 Å². The summed E-state index contributed by atoms with van der Waals surface area (Å²) in [5, 5.41) is 0.389. The molecule has 0 bridgehead atoms. The lowest BCUT2D eigenvalue weighted by molar-refractivity contribution is 0.0431. The highest BCUT2D eigenvalue weighted by Crippen LogP contribution is 2.47. The van der Waals surface area contributed by atoms with Crippen LogP contribution < -0.4 is 14.4 Å². The number of benzene rings is 1. The van der Waals surface area contributed by atoms with Crippen molar-refractivity contribution in [3.8, 4) is 11.5 Å². The highest BCUT2D eigenvalue weighted by Gasteiger charge is 2.36. The molecule has 0 saturated carbocycles. The molecule has 31 heavy (non-hydrogen) atoms. The van der Waals surface area contributed by atoms with E-state index in [1.54, 1.807) is 47.6 Å². The van der Waals surface area contributed by atoms with Gasteiger partial charge < -0.3 is 18.9 Å². The zero-order valence-corrected chi connectivity index (χ0v) is 20.3. The summed E-state index contributed by atoms with van der Waals surface area (Å²) in [5.41, 5.74) is -1.25. The van der Waals surface area contributed by atoms with Gasteiger partial charge in [0.1, 0.15) is 34.1 Å². The van der Waals surface area contributed by atoms with Gasteiger partial charge in [-0.3, -0.25) is 0 Å². The molecule has 3 rings (SSSR count). The molecule has 1 aromatic heterocycles. The zero-order valence-electron chi connectivity index (χ0n) is 18.7.